The minimum atomic E-state index is -2.40. The Morgan fingerprint density at radius 1 is 0.739 bits per heavy atom. The molecule has 0 bridgehead atoms. The summed E-state index contributed by atoms with van der Waals surface area (Å²) in [4.78, 5) is 10.9. The first-order valence-electron chi connectivity index (χ1n) is 5.95. The van der Waals surface area contributed by atoms with E-state index in [0.29, 0.717) is 0 Å². The average Bonchev–Trinajstić information content (AvgIpc) is 2.50. The Balaban J connectivity index is 2.99. The fraction of sp³-hybridized carbons (Fsp3) is 0.154. The van der Waals surface area contributed by atoms with Gasteiger partial charge >= 0.3 is 0 Å². The first-order valence-corrected chi connectivity index (χ1v) is 5.95. The molecule has 1 amide bonds. The summed E-state index contributed by atoms with van der Waals surface area (Å²) in [5, 5.41) is -3.03. The molecule has 1 atom stereocenters. The molecule has 0 fully saturated rings. The van der Waals surface area contributed by atoms with E-state index >= 15 is 0 Å². The molecule has 124 valence electrons. The van der Waals surface area contributed by atoms with Gasteiger partial charge in [0.05, 0.1) is 11.4 Å². The van der Waals surface area contributed by atoms with E-state index in [-0.39, 0.29) is 0 Å². The van der Waals surface area contributed by atoms with Crippen LogP contribution in [0.1, 0.15) is 5.56 Å². The number of hydrogen-bond donors (Lipinski definition) is 2. The van der Waals surface area contributed by atoms with E-state index in [1.807, 2.05) is 0 Å². The number of carbonyl (C=O) groups is 1. The minimum Gasteiger partial charge on any atom is -0.368 e. The van der Waals surface area contributed by atoms with Gasteiger partial charge in [-0.3, -0.25) is 4.79 Å². The molecule has 0 radical (unpaired) electrons. The molecule has 0 aliphatic carbocycles. The summed E-state index contributed by atoms with van der Waals surface area (Å²) in [5.74, 6) is -16.9. The highest BCUT2D eigenvalue weighted by molar-refractivity contribution is 5.89. The van der Waals surface area contributed by atoms with Crippen LogP contribution in [0.3, 0.4) is 0 Å². The van der Waals surface area contributed by atoms with Crippen molar-refractivity contribution in [1.82, 2.24) is 0 Å². The van der Waals surface area contributed by atoms with Crippen molar-refractivity contribution in [3.05, 3.63) is 46.3 Å². The highest BCUT2D eigenvalue weighted by Gasteiger charge is 2.31. The van der Waals surface area contributed by atoms with Gasteiger partial charge in [0.2, 0.25) is 5.91 Å². The summed E-state index contributed by atoms with van der Waals surface area (Å²) in [6.07, 6.45) is -0.990. The number of rotatable bonds is 3. The van der Waals surface area contributed by atoms with Crippen LogP contribution in [0, 0.1) is 40.7 Å². The summed E-state index contributed by atoms with van der Waals surface area (Å²) in [6.45, 7) is 0. The molecule has 23 heavy (non-hydrogen) atoms. The third-order valence-corrected chi connectivity index (χ3v) is 3.23. The van der Waals surface area contributed by atoms with Gasteiger partial charge < -0.3 is 11.5 Å². The first-order chi connectivity index (χ1) is 10.6. The van der Waals surface area contributed by atoms with Gasteiger partial charge in [-0.2, -0.15) is 0 Å². The molecule has 3 nitrogen and oxygen atoms in total. The monoisotopic (exact) mass is 340 g/mol. The van der Waals surface area contributed by atoms with Crippen molar-refractivity contribution in [3.63, 3.8) is 0 Å². The Hall–Kier alpha value is -2.36. The second kappa shape index (κ2) is 5.69. The van der Waals surface area contributed by atoms with Crippen LogP contribution in [-0.2, 0) is 11.2 Å². The fourth-order valence-electron chi connectivity index (χ4n) is 2.08. The van der Waals surface area contributed by atoms with Gasteiger partial charge in [-0.25, -0.2) is 30.7 Å². The van der Waals surface area contributed by atoms with Crippen molar-refractivity contribution in [1.29, 1.82) is 0 Å². The lowest BCUT2D eigenvalue weighted by atomic mass is 9.96. The predicted molar refractivity (Wildman–Crippen MR) is 64.5 cm³/mol. The number of hydrogen-bond acceptors (Lipinski definition) is 2. The third kappa shape index (κ3) is 2.48. The van der Waals surface area contributed by atoms with Crippen LogP contribution >= 0.6 is 0 Å². The lowest BCUT2D eigenvalue weighted by Gasteiger charge is -2.15. The van der Waals surface area contributed by atoms with Crippen LogP contribution in [0.25, 0.3) is 10.8 Å². The normalized spacial score (nSPS) is 12.7. The largest absolute Gasteiger partial charge is 0.368 e. The number of amides is 1. The Morgan fingerprint density at radius 2 is 1.13 bits per heavy atom. The van der Waals surface area contributed by atoms with Gasteiger partial charge in [-0.05, 0) is 0 Å². The zero-order chi connectivity index (χ0) is 17.6. The van der Waals surface area contributed by atoms with Crippen LogP contribution in [0.2, 0.25) is 0 Å². The van der Waals surface area contributed by atoms with E-state index in [4.69, 9.17) is 11.5 Å². The highest BCUT2D eigenvalue weighted by atomic mass is 19.2. The lowest BCUT2D eigenvalue weighted by Crippen LogP contribution is -2.38. The van der Waals surface area contributed by atoms with E-state index in [1.165, 1.54) is 0 Å². The van der Waals surface area contributed by atoms with Crippen molar-refractivity contribution in [2.24, 2.45) is 11.5 Å². The van der Waals surface area contributed by atoms with Crippen molar-refractivity contribution >= 4 is 16.7 Å². The van der Waals surface area contributed by atoms with E-state index in [0.717, 1.165) is 0 Å². The van der Waals surface area contributed by atoms with E-state index in [2.05, 4.69) is 0 Å². The lowest BCUT2D eigenvalue weighted by molar-refractivity contribution is -0.119. The quantitative estimate of drug-likeness (QED) is 0.511. The van der Waals surface area contributed by atoms with Gasteiger partial charge in [0.15, 0.2) is 40.7 Å². The molecule has 0 aromatic heterocycles. The molecule has 10 heteroatoms. The van der Waals surface area contributed by atoms with Crippen LogP contribution in [0.4, 0.5) is 30.7 Å². The molecule has 0 unspecified atom stereocenters. The maximum atomic E-state index is 13.8. The fourth-order valence-corrected chi connectivity index (χ4v) is 2.08. The summed E-state index contributed by atoms with van der Waals surface area (Å²) in [5.41, 5.74) is 8.88. The maximum Gasteiger partial charge on any atom is 0.234 e. The van der Waals surface area contributed by atoms with Crippen LogP contribution in [0.15, 0.2) is 0 Å². The standard InChI is InChI=1S/C13H7F7N2O/c14-6-2(1-3(21)13(22)23)4-5(8(16)10(6)18)9(17)12(20)11(19)7(4)15/h3H,1,21H2,(H2,22,23)/t3-/m0/s1. The Labute approximate surface area is 123 Å². The van der Waals surface area contributed by atoms with Crippen LogP contribution in [0.5, 0.6) is 0 Å². The van der Waals surface area contributed by atoms with E-state index in [9.17, 15) is 35.5 Å². The van der Waals surface area contributed by atoms with Gasteiger partial charge in [-0.15, -0.1) is 0 Å². The molecular formula is C13H7F7N2O. The number of benzene rings is 2. The second-order valence-corrected chi connectivity index (χ2v) is 4.64. The topological polar surface area (TPSA) is 69.1 Å². The number of fused-ring (bicyclic) bond motifs is 1. The van der Waals surface area contributed by atoms with Gasteiger partial charge in [0, 0.05) is 17.4 Å². The molecule has 0 aliphatic heterocycles. The van der Waals surface area contributed by atoms with Gasteiger partial charge in [0.1, 0.15) is 0 Å². The summed E-state index contributed by atoms with van der Waals surface area (Å²) >= 11 is 0. The number of halogens is 7. The molecule has 2 rings (SSSR count). The van der Waals surface area contributed by atoms with Crippen LogP contribution < -0.4 is 11.5 Å². The van der Waals surface area contributed by atoms with E-state index in [1.54, 1.807) is 0 Å². The average molecular weight is 340 g/mol. The minimum absolute atomic E-state index is 0.990. The van der Waals surface area contributed by atoms with Crippen molar-refractivity contribution in [3.8, 4) is 0 Å². The molecule has 4 N–H and O–H groups in total. The molecular weight excluding hydrogens is 333 g/mol. The van der Waals surface area contributed by atoms with Gasteiger partial charge in [0.25, 0.3) is 0 Å². The molecule has 0 heterocycles. The second-order valence-electron chi connectivity index (χ2n) is 4.64. The maximum absolute atomic E-state index is 13.8. The Kier molecular flexibility index (Phi) is 4.20. The van der Waals surface area contributed by atoms with Crippen molar-refractivity contribution in [2.75, 3.05) is 0 Å². The Bertz CT molecular complexity index is 829. The smallest absolute Gasteiger partial charge is 0.234 e. The van der Waals surface area contributed by atoms with Gasteiger partial charge in [-0.1, -0.05) is 0 Å². The van der Waals surface area contributed by atoms with Crippen LogP contribution in [-0.4, -0.2) is 11.9 Å². The summed E-state index contributed by atoms with van der Waals surface area (Å²) in [7, 11) is 0. The molecule has 0 aliphatic rings. The molecule has 2 aromatic rings. The molecule has 0 saturated carbocycles. The Morgan fingerprint density at radius 3 is 1.57 bits per heavy atom. The number of carbonyl (C=O) groups excluding carboxylic acids is 1. The third-order valence-electron chi connectivity index (χ3n) is 3.23. The molecule has 0 spiro atoms. The summed E-state index contributed by atoms with van der Waals surface area (Å²) in [6, 6.07) is -1.69. The zero-order valence-electron chi connectivity index (χ0n) is 11.0. The number of nitrogens with two attached hydrogens (primary N) is 2. The van der Waals surface area contributed by atoms with Crippen molar-refractivity contribution in [2.45, 2.75) is 12.5 Å². The first kappa shape index (κ1) is 17.0. The van der Waals surface area contributed by atoms with E-state index < -0.39 is 75.4 Å². The molecule has 0 saturated heterocycles. The summed E-state index contributed by atoms with van der Waals surface area (Å²) < 4.78 is 95.0. The number of primary amides is 1. The highest BCUT2D eigenvalue weighted by Crippen LogP contribution is 2.35. The predicted octanol–water partition coefficient (Wildman–Crippen LogP) is 2.17. The SMILES string of the molecule is NC(=O)[C@@H](N)Cc1c(F)c(F)c(F)c2c(F)c(F)c(F)c(F)c12. The molecule has 2 aromatic carbocycles. The zero-order valence-corrected chi connectivity index (χ0v) is 11.0. The van der Waals surface area contributed by atoms with Crippen molar-refractivity contribution < 1.29 is 35.5 Å².